The van der Waals surface area contributed by atoms with Crippen LogP contribution in [0.4, 0.5) is 5.95 Å². The van der Waals surface area contributed by atoms with Gasteiger partial charge in [0.05, 0.1) is 18.6 Å². The Kier molecular flexibility index (Phi) is 9.44. The number of aliphatic hydroxyl groups is 5. The van der Waals surface area contributed by atoms with Gasteiger partial charge in [0.1, 0.15) is 12.9 Å². The number of thioether (sulfide) groups is 1. The molecule has 8 N–H and O–H groups in total. The van der Waals surface area contributed by atoms with Gasteiger partial charge in [-0.2, -0.15) is 4.98 Å². The lowest BCUT2D eigenvalue weighted by atomic mass is 9.96. The van der Waals surface area contributed by atoms with E-state index in [1.807, 2.05) is 0 Å². The van der Waals surface area contributed by atoms with Crippen molar-refractivity contribution in [3.8, 4) is 0 Å². The maximum Gasteiger partial charge on any atom is 0.406 e. The standard InChI is InChI=1S/C21H35N6O9PS/c1-11(2)26-37(33,34-6-7-38-18(31)20(3,4)9-28)35-8-12-14(29)21(5,32)17(36-12)27-10-23-13-15(27)24-19(22)25-16(13)30/h10-12,14,17,28-29,32H,6-9H2,1-5H3,(H,26,33)(H3,22,24,25,30)/p+1/t12-,14-,17-,21-,37?/m1/s1. The van der Waals surface area contributed by atoms with Gasteiger partial charge in [0.15, 0.2) is 28.0 Å². The summed E-state index contributed by atoms with van der Waals surface area (Å²) in [6, 6.07) is -0.295. The van der Waals surface area contributed by atoms with E-state index < -0.39 is 42.8 Å². The van der Waals surface area contributed by atoms with E-state index in [1.54, 1.807) is 27.7 Å². The van der Waals surface area contributed by atoms with Gasteiger partial charge in [-0.1, -0.05) is 11.8 Å². The number of hydrogen-bond acceptors (Lipinski definition) is 12. The first kappa shape index (κ1) is 30.7. The van der Waals surface area contributed by atoms with E-state index >= 15 is 0 Å². The second-order valence-electron chi connectivity index (χ2n) is 10.1. The van der Waals surface area contributed by atoms with E-state index in [0.717, 1.165) is 11.8 Å². The van der Waals surface area contributed by atoms with E-state index in [-0.39, 0.29) is 53.8 Å². The molecule has 214 valence electrons. The molecule has 0 bridgehead atoms. The number of fused-ring (bicyclic) bond motifs is 1. The predicted molar refractivity (Wildman–Crippen MR) is 140 cm³/mol. The van der Waals surface area contributed by atoms with Gasteiger partial charge in [0.25, 0.3) is 11.8 Å². The molecular weight excluding hydrogens is 543 g/mol. The lowest BCUT2D eigenvalue weighted by Crippen LogP contribution is -2.44. The number of nitrogens with one attached hydrogen (secondary N) is 2. The van der Waals surface area contributed by atoms with E-state index in [1.165, 1.54) is 17.8 Å². The molecule has 0 aliphatic carbocycles. The Bertz CT molecular complexity index is 1250. The topological polar surface area (TPSA) is 228 Å². The number of aliphatic hydroxyl groups excluding tert-OH is 2. The Balaban J connectivity index is 1.69. The molecule has 1 aliphatic rings. The summed E-state index contributed by atoms with van der Waals surface area (Å²) in [5.74, 6) is 0.0194. The first-order valence-corrected chi connectivity index (χ1v) is 14.4. The van der Waals surface area contributed by atoms with Gasteiger partial charge < -0.3 is 25.8 Å². The molecule has 15 nitrogen and oxygen atoms in total. The highest BCUT2D eigenvalue weighted by Crippen LogP contribution is 2.46. The fourth-order valence-electron chi connectivity index (χ4n) is 3.72. The summed E-state index contributed by atoms with van der Waals surface area (Å²) in [5.41, 5.74) is 2.40. The van der Waals surface area contributed by atoms with Crippen LogP contribution in [0.2, 0.25) is 0 Å². The molecule has 0 aromatic carbocycles. The van der Waals surface area contributed by atoms with E-state index in [9.17, 15) is 29.5 Å². The summed E-state index contributed by atoms with van der Waals surface area (Å²) < 4.78 is 30.2. The van der Waals surface area contributed by atoms with Crippen LogP contribution >= 0.6 is 19.5 Å². The zero-order chi connectivity index (χ0) is 28.5. The van der Waals surface area contributed by atoms with Crippen LogP contribution in [0.25, 0.3) is 11.2 Å². The third kappa shape index (κ3) is 6.63. The predicted octanol–water partition coefficient (Wildman–Crippen LogP) is -0.360. The normalized spacial score (nSPS) is 25.8. The van der Waals surface area contributed by atoms with Gasteiger partial charge in [-0.15, -0.1) is 0 Å². The fraction of sp³-hybridized carbons (Fsp3) is 0.714. The molecule has 0 amide bonds. The molecular formula is C21H36N6O9PS+. The molecule has 17 heteroatoms. The molecule has 3 heterocycles. The number of nitrogens with two attached hydrogens (primary N) is 1. The molecule has 1 saturated heterocycles. The quantitative estimate of drug-likeness (QED) is 0.107. The molecule has 3 rings (SSSR count). The maximum atomic E-state index is 13.4. The molecule has 38 heavy (non-hydrogen) atoms. The zero-order valence-corrected chi connectivity index (χ0v) is 23.5. The molecule has 2 aromatic heterocycles. The monoisotopic (exact) mass is 579 g/mol. The molecule has 1 fully saturated rings. The summed E-state index contributed by atoms with van der Waals surface area (Å²) >= 11 is 0.945. The van der Waals surface area contributed by atoms with Gasteiger partial charge in [-0.05, 0) is 34.6 Å². The Morgan fingerprint density at radius 1 is 1.45 bits per heavy atom. The van der Waals surface area contributed by atoms with Crippen LogP contribution in [0, 0.1) is 5.41 Å². The average Bonchev–Trinajstić information content (AvgIpc) is 3.33. The number of hydrogen-bond donors (Lipinski definition) is 6. The number of rotatable bonds is 12. The van der Waals surface area contributed by atoms with E-state index in [2.05, 4.69) is 24.8 Å². The molecule has 0 spiro atoms. The summed E-state index contributed by atoms with van der Waals surface area (Å²) in [4.78, 5) is 34.7. The van der Waals surface area contributed by atoms with Crippen LogP contribution in [0.3, 0.4) is 0 Å². The zero-order valence-electron chi connectivity index (χ0n) is 21.8. The average molecular weight is 580 g/mol. The highest BCUT2D eigenvalue weighted by atomic mass is 32.2. The number of carbonyl (C=O) groups excluding carboxylic acids is 1. The number of anilines is 1. The molecule has 1 aliphatic heterocycles. The molecule has 2 aromatic rings. The summed E-state index contributed by atoms with van der Waals surface area (Å²) in [5, 5.41) is 33.7. The number of ether oxygens (including phenoxy) is 1. The van der Waals surface area contributed by atoms with Crippen molar-refractivity contribution in [1.29, 1.82) is 0 Å². The van der Waals surface area contributed by atoms with E-state index in [4.69, 9.17) is 14.8 Å². The number of aromatic nitrogens is 4. The van der Waals surface area contributed by atoms with Crippen molar-refractivity contribution in [2.45, 2.75) is 64.7 Å². The number of imidazole rings is 1. The van der Waals surface area contributed by atoms with Crippen molar-refractivity contribution in [3.63, 3.8) is 0 Å². The maximum absolute atomic E-state index is 13.4. The van der Waals surface area contributed by atoms with Crippen LogP contribution < -0.4 is 16.4 Å². The van der Waals surface area contributed by atoms with Crippen molar-refractivity contribution >= 4 is 41.7 Å². The minimum absolute atomic E-state index is 0.0165. The highest BCUT2D eigenvalue weighted by molar-refractivity contribution is 8.13. The summed E-state index contributed by atoms with van der Waals surface area (Å²) in [6.07, 6.45) is -2.32. The third-order valence-corrected chi connectivity index (χ3v) is 8.92. The lowest BCUT2D eigenvalue weighted by molar-refractivity contribution is -0.194. The minimum atomic E-state index is -3.91. The van der Waals surface area contributed by atoms with Crippen LogP contribution in [-0.2, 0) is 18.4 Å². The fourth-order valence-corrected chi connectivity index (χ4v) is 6.19. The SMILES string of the molecule is CC(C)NP(=O)(OCCSC(=O)C(C)(C)CO)OC[C@H]1[OH+][C@@H](n2cnc3c(=O)[nH]c(N)nc32)[C@](C)(O)[C@@H]1O. The first-order chi connectivity index (χ1) is 17.6. The van der Waals surface area contributed by atoms with Gasteiger partial charge >= 0.3 is 7.75 Å². The van der Waals surface area contributed by atoms with Crippen molar-refractivity contribution in [1.82, 2.24) is 24.6 Å². The van der Waals surface area contributed by atoms with Crippen molar-refractivity contribution in [2.24, 2.45) is 5.41 Å². The second-order valence-corrected chi connectivity index (χ2v) is 13.0. The Hall–Kier alpha value is -1.88. The molecule has 1 unspecified atom stereocenters. The Labute approximate surface area is 223 Å². The molecule has 0 saturated carbocycles. The van der Waals surface area contributed by atoms with Crippen LogP contribution in [0.5, 0.6) is 0 Å². The molecule has 0 radical (unpaired) electrons. The Morgan fingerprint density at radius 2 is 2.13 bits per heavy atom. The van der Waals surface area contributed by atoms with Gasteiger partial charge in [0.2, 0.25) is 12.1 Å². The Morgan fingerprint density at radius 3 is 2.76 bits per heavy atom. The second kappa shape index (κ2) is 11.7. The minimum Gasteiger partial charge on any atom is -0.406 e. The van der Waals surface area contributed by atoms with Crippen LogP contribution in [0.15, 0.2) is 11.1 Å². The van der Waals surface area contributed by atoms with Gasteiger partial charge in [-0.3, -0.25) is 23.6 Å². The van der Waals surface area contributed by atoms with Crippen molar-refractivity contribution in [2.75, 3.05) is 31.3 Å². The van der Waals surface area contributed by atoms with Gasteiger partial charge in [-0.25, -0.2) is 19.2 Å². The van der Waals surface area contributed by atoms with E-state index in [0.29, 0.717) is 0 Å². The summed E-state index contributed by atoms with van der Waals surface area (Å²) in [6.45, 7) is 7.29. The number of aromatic amines is 1. The third-order valence-electron chi connectivity index (χ3n) is 5.89. The number of H-pyrrole nitrogens is 1. The van der Waals surface area contributed by atoms with Gasteiger partial charge in [0, 0.05) is 11.8 Å². The smallest absolute Gasteiger partial charge is 0.406 e. The largest absolute Gasteiger partial charge is 0.406 e. The summed E-state index contributed by atoms with van der Waals surface area (Å²) in [7, 11) is -3.91. The van der Waals surface area contributed by atoms with Crippen molar-refractivity contribution < 1.29 is 38.5 Å². The highest BCUT2D eigenvalue weighted by Gasteiger charge is 2.59. The lowest BCUT2D eigenvalue weighted by Gasteiger charge is -2.23. The van der Waals surface area contributed by atoms with Crippen molar-refractivity contribution in [3.05, 3.63) is 16.7 Å². The first-order valence-electron chi connectivity index (χ1n) is 11.9. The van der Waals surface area contributed by atoms with Crippen LogP contribution in [-0.4, -0.2) is 94.1 Å². The number of nitrogen functional groups attached to an aromatic ring is 1. The molecule has 5 atom stereocenters. The number of carbonyl (C=O) groups is 1. The van der Waals surface area contributed by atoms with Crippen LogP contribution in [0.1, 0.15) is 40.8 Å². The number of nitrogens with zero attached hydrogens (tertiary/aromatic N) is 3.